The minimum atomic E-state index is -0.525. The molecular weight excluding hydrogens is 342 g/mol. The summed E-state index contributed by atoms with van der Waals surface area (Å²) in [5.41, 5.74) is 9.53. The van der Waals surface area contributed by atoms with Crippen LogP contribution in [0.1, 0.15) is 24.1 Å². The van der Waals surface area contributed by atoms with Gasteiger partial charge in [-0.3, -0.25) is 4.79 Å². The number of amides is 1. The summed E-state index contributed by atoms with van der Waals surface area (Å²) in [7, 11) is 0. The van der Waals surface area contributed by atoms with Crippen molar-refractivity contribution in [3.05, 3.63) is 35.7 Å². The molecule has 1 atom stereocenters. The molecule has 2 aromatic rings. The van der Waals surface area contributed by atoms with Gasteiger partial charge in [0, 0.05) is 24.5 Å². The van der Waals surface area contributed by atoms with E-state index in [2.05, 4.69) is 10.3 Å². The van der Waals surface area contributed by atoms with Gasteiger partial charge >= 0.3 is 0 Å². The molecular formula is C18H24ClN3O3. The SMILES string of the molecule is Cc1coc(-c2cc(NC(=O)C(N)C3CCOCC3)ccc2C)n1.Cl. The van der Waals surface area contributed by atoms with Crippen LogP contribution in [-0.4, -0.2) is 30.1 Å². The molecule has 0 aliphatic carbocycles. The number of nitrogens with zero attached hydrogens (tertiary/aromatic N) is 1. The van der Waals surface area contributed by atoms with E-state index in [4.69, 9.17) is 14.9 Å². The molecule has 3 rings (SSSR count). The third-order valence-corrected chi connectivity index (χ3v) is 4.43. The van der Waals surface area contributed by atoms with Gasteiger partial charge in [0.2, 0.25) is 11.8 Å². The average molecular weight is 366 g/mol. The first kappa shape index (κ1) is 19.4. The van der Waals surface area contributed by atoms with Gasteiger partial charge in [0.25, 0.3) is 0 Å². The Morgan fingerprint density at radius 2 is 2.04 bits per heavy atom. The van der Waals surface area contributed by atoms with Crippen LogP contribution in [0.3, 0.4) is 0 Å². The van der Waals surface area contributed by atoms with Crippen LogP contribution >= 0.6 is 12.4 Å². The van der Waals surface area contributed by atoms with Crippen LogP contribution < -0.4 is 11.1 Å². The average Bonchev–Trinajstić information content (AvgIpc) is 3.03. The number of nitrogens with one attached hydrogen (secondary N) is 1. The Hall–Kier alpha value is -1.89. The Morgan fingerprint density at radius 1 is 1.32 bits per heavy atom. The van der Waals surface area contributed by atoms with Crippen LogP contribution in [0, 0.1) is 19.8 Å². The van der Waals surface area contributed by atoms with Gasteiger partial charge in [0.05, 0.1) is 11.7 Å². The molecule has 0 bridgehead atoms. The van der Waals surface area contributed by atoms with Gasteiger partial charge in [0.1, 0.15) is 6.26 Å². The topological polar surface area (TPSA) is 90.4 Å². The quantitative estimate of drug-likeness (QED) is 0.868. The fraction of sp³-hybridized carbons (Fsp3) is 0.444. The Labute approximate surface area is 153 Å². The van der Waals surface area contributed by atoms with Crippen LogP contribution in [0.25, 0.3) is 11.5 Å². The first-order valence-corrected chi connectivity index (χ1v) is 8.22. The number of aryl methyl sites for hydroxylation is 2. The third kappa shape index (κ3) is 4.60. The van der Waals surface area contributed by atoms with Crippen molar-refractivity contribution < 1.29 is 13.9 Å². The lowest BCUT2D eigenvalue weighted by atomic mass is 9.92. The highest BCUT2D eigenvalue weighted by molar-refractivity contribution is 5.95. The Morgan fingerprint density at radius 3 is 2.68 bits per heavy atom. The molecule has 1 amide bonds. The molecule has 25 heavy (non-hydrogen) atoms. The number of ether oxygens (including phenoxy) is 1. The number of hydrogen-bond donors (Lipinski definition) is 2. The van der Waals surface area contributed by atoms with E-state index in [9.17, 15) is 4.79 Å². The number of carbonyl (C=O) groups excluding carboxylic acids is 1. The zero-order valence-electron chi connectivity index (χ0n) is 14.5. The van der Waals surface area contributed by atoms with Crippen LogP contribution in [-0.2, 0) is 9.53 Å². The summed E-state index contributed by atoms with van der Waals surface area (Å²) >= 11 is 0. The minimum absolute atomic E-state index is 0. The predicted molar refractivity (Wildman–Crippen MR) is 98.8 cm³/mol. The summed E-state index contributed by atoms with van der Waals surface area (Å²) in [5.74, 6) is 0.549. The van der Waals surface area contributed by atoms with Crippen molar-refractivity contribution in [2.45, 2.75) is 32.7 Å². The highest BCUT2D eigenvalue weighted by Gasteiger charge is 2.26. The lowest BCUT2D eigenvalue weighted by molar-refractivity contribution is -0.119. The molecule has 1 aromatic heterocycles. The Kier molecular flexibility index (Phi) is 6.58. The van der Waals surface area contributed by atoms with E-state index in [0.29, 0.717) is 24.8 Å². The fourth-order valence-corrected chi connectivity index (χ4v) is 2.92. The molecule has 0 spiro atoms. The number of carbonyl (C=O) groups is 1. The molecule has 7 heteroatoms. The van der Waals surface area contributed by atoms with Gasteiger partial charge in [0.15, 0.2) is 0 Å². The van der Waals surface area contributed by atoms with Crippen LogP contribution in [0.15, 0.2) is 28.9 Å². The molecule has 2 heterocycles. The van der Waals surface area contributed by atoms with Crippen molar-refractivity contribution >= 4 is 24.0 Å². The molecule has 1 saturated heterocycles. The number of benzene rings is 1. The van der Waals surface area contributed by atoms with Crippen LogP contribution in [0.2, 0.25) is 0 Å². The lowest BCUT2D eigenvalue weighted by Crippen LogP contribution is -2.44. The maximum atomic E-state index is 12.4. The zero-order valence-corrected chi connectivity index (χ0v) is 15.3. The standard InChI is InChI=1S/C18H23N3O3.ClH/c1-11-3-4-14(9-15(11)18-20-12(2)10-24-18)21-17(22)16(19)13-5-7-23-8-6-13;/h3-4,9-10,13,16H,5-8,19H2,1-2H3,(H,21,22);1H. The summed E-state index contributed by atoms with van der Waals surface area (Å²) in [4.78, 5) is 16.8. The fourth-order valence-electron chi connectivity index (χ4n) is 2.92. The largest absolute Gasteiger partial charge is 0.444 e. The summed E-state index contributed by atoms with van der Waals surface area (Å²) < 4.78 is 10.8. The predicted octanol–water partition coefficient (Wildman–Crippen LogP) is 3.07. The smallest absolute Gasteiger partial charge is 0.241 e. The normalized spacial score (nSPS) is 16.1. The number of anilines is 1. The molecule has 1 aromatic carbocycles. The van der Waals surface area contributed by atoms with E-state index in [-0.39, 0.29) is 24.2 Å². The van der Waals surface area contributed by atoms with E-state index >= 15 is 0 Å². The zero-order chi connectivity index (χ0) is 17.1. The van der Waals surface area contributed by atoms with Crippen molar-refractivity contribution in [1.29, 1.82) is 0 Å². The second-order valence-corrected chi connectivity index (χ2v) is 6.29. The van der Waals surface area contributed by atoms with Crippen molar-refractivity contribution in [2.75, 3.05) is 18.5 Å². The molecule has 1 fully saturated rings. The number of oxazole rings is 1. The first-order valence-electron chi connectivity index (χ1n) is 8.22. The molecule has 6 nitrogen and oxygen atoms in total. The van der Waals surface area contributed by atoms with Gasteiger partial charge in [-0.1, -0.05) is 6.07 Å². The van der Waals surface area contributed by atoms with Crippen molar-refractivity contribution in [2.24, 2.45) is 11.7 Å². The maximum absolute atomic E-state index is 12.4. The van der Waals surface area contributed by atoms with Crippen molar-refractivity contribution in [3.8, 4) is 11.5 Å². The molecule has 1 aliphatic heterocycles. The van der Waals surface area contributed by atoms with Crippen molar-refractivity contribution in [1.82, 2.24) is 4.98 Å². The van der Waals surface area contributed by atoms with Gasteiger partial charge in [-0.15, -0.1) is 12.4 Å². The van der Waals surface area contributed by atoms with Gasteiger partial charge < -0.3 is 20.2 Å². The van der Waals surface area contributed by atoms with Gasteiger partial charge in [-0.2, -0.15) is 0 Å². The Balaban J connectivity index is 0.00000225. The second kappa shape index (κ2) is 8.47. The molecule has 0 saturated carbocycles. The summed E-state index contributed by atoms with van der Waals surface area (Å²) in [5, 5.41) is 2.91. The summed E-state index contributed by atoms with van der Waals surface area (Å²) in [6, 6.07) is 5.14. The van der Waals surface area contributed by atoms with E-state index in [1.54, 1.807) is 6.26 Å². The minimum Gasteiger partial charge on any atom is -0.444 e. The molecule has 3 N–H and O–H groups in total. The first-order chi connectivity index (χ1) is 11.5. The van der Waals surface area contributed by atoms with E-state index < -0.39 is 6.04 Å². The highest BCUT2D eigenvalue weighted by atomic mass is 35.5. The number of rotatable bonds is 4. The molecule has 0 radical (unpaired) electrons. The van der Waals surface area contributed by atoms with E-state index in [0.717, 1.165) is 29.7 Å². The van der Waals surface area contributed by atoms with Gasteiger partial charge in [-0.25, -0.2) is 4.98 Å². The number of nitrogens with two attached hydrogens (primary N) is 1. The summed E-state index contributed by atoms with van der Waals surface area (Å²) in [6.07, 6.45) is 3.26. The number of hydrogen-bond acceptors (Lipinski definition) is 5. The molecule has 136 valence electrons. The highest BCUT2D eigenvalue weighted by Crippen LogP contribution is 2.26. The number of halogens is 1. The monoisotopic (exact) mass is 365 g/mol. The van der Waals surface area contributed by atoms with E-state index in [1.165, 1.54) is 0 Å². The number of aromatic nitrogens is 1. The van der Waals surface area contributed by atoms with Gasteiger partial charge in [-0.05, 0) is 50.3 Å². The Bertz CT molecular complexity index is 726. The molecule has 1 aliphatic rings. The third-order valence-electron chi connectivity index (χ3n) is 4.43. The van der Waals surface area contributed by atoms with Crippen LogP contribution in [0.4, 0.5) is 5.69 Å². The summed E-state index contributed by atoms with van der Waals surface area (Å²) in [6.45, 7) is 5.20. The lowest BCUT2D eigenvalue weighted by Gasteiger charge is -2.26. The van der Waals surface area contributed by atoms with E-state index in [1.807, 2.05) is 32.0 Å². The van der Waals surface area contributed by atoms with Crippen molar-refractivity contribution in [3.63, 3.8) is 0 Å². The van der Waals surface area contributed by atoms with Crippen LogP contribution in [0.5, 0.6) is 0 Å². The second-order valence-electron chi connectivity index (χ2n) is 6.29. The maximum Gasteiger partial charge on any atom is 0.241 e. The molecule has 1 unspecified atom stereocenters.